The molecular formula is C30H21ClF2N4O3. The van der Waals surface area contributed by atoms with Crippen LogP contribution in [-0.2, 0) is 16.0 Å². The van der Waals surface area contributed by atoms with Gasteiger partial charge in [-0.15, -0.1) is 0 Å². The Bertz CT molecular complexity index is 1800. The van der Waals surface area contributed by atoms with E-state index < -0.39 is 17.5 Å². The van der Waals surface area contributed by atoms with Gasteiger partial charge in [0, 0.05) is 22.7 Å². The molecule has 0 radical (unpaired) electrons. The number of nitrogens with one attached hydrogen (secondary N) is 2. The monoisotopic (exact) mass is 558 g/mol. The Labute approximate surface area is 231 Å². The van der Waals surface area contributed by atoms with Gasteiger partial charge in [-0.05, 0) is 64.7 Å². The smallest absolute Gasteiger partial charge is 0.249 e. The second kappa shape index (κ2) is 11.0. The molecule has 0 bridgehead atoms. The molecule has 10 heteroatoms. The van der Waals surface area contributed by atoms with Crippen molar-refractivity contribution in [3.8, 4) is 16.9 Å². The average Bonchev–Trinajstić information content (AvgIpc) is 3.32. The van der Waals surface area contributed by atoms with Crippen LogP contribution in [0.3, 0.4) is 0 Å². The average molecular weight is 559 g/mol. The molecule has 7 nitrogen and oxygen atoms in total. The molecule has 5 N–H and O–H groups in total. The quantitative estimate of drug-likeness (QED) is 0.181. The number of nitrogens with zero attached hydrogens (tertiary/aromatic N) is 1. The molecule has 0 spiro atoms. The lowest BCUT2D eigenvalue weighted by Crippen LogP contribution is -2.15. The molecule has 2 amide bonds. The van der Waals surface area contributed by atoms with E-state index in [2.05, 4.69) is 15.3 Å². The predicted octanol–water partition coefficient (Wildman–Crippen LogP) is 6.07. The van der Waals surface area contributed by atoms with Gasteiger partial charge in [0.25, 0.3) is 0 Å². The SMILES string of the molecule is NC(=O)/C(=C\c1c[nH]c2nc(NC(=O)Cc3ccc(-c4ccc(F)c(F)c4)cc3)ccc12)c1ccc(O)c(Cl)c1. The molecule has 0 unspecified atom stereocenters. The minimum absolute atomic E-state index is 0.0770. The maximum Gasteiger partial charge on any atom is 0.249 e. The summed E-state index contributed by atoms with van der Waals surface area (Å²) >= 11 is 5.99. The number of primary amides is 1. The van der Waals surface area contributed by atoms with Gasteiger partial charge >= 0.3 is 0 Å². The van der Waals surface area contributed by atoms with Gasteiger partial charge in [0.2, 0.25) is 11.8 Å². The number of carbonyl (C=O) groups excluding carboxylic acids is 2. The van der Waals surface area contributed by atoms with Crippen molar-refractivity contribution in [1.82, 2.24) is 9.97 Å². The van der Waals surface area contributed by atoms with Crippen LogP contribution in [0.1, 0.15) is 16.7 Å². The summed E-state index contributed by atoms with van der Waals surface area (Å²) in [6.07, 6.45) is 3.32. The van der Waals surface area contributed by atoms with Crippen molar-refractivity contribution in [1.29, 1.82) is 0 Å². The Morgan fingerprint density at radius 3 is 2.42 bits per heavy atom. The molecule has 40 heavy (non-hydrogen) atoms. The van der Waals surface area contributed by atoms with Crippen molar-refractivity contribution < 1.29 is 23.5 Å². The van der Waals surface area contributed by atoms with Gasteiger partial charge in [0.15, 0.2) is 11.6 Å². The molecule has 5 aromatic rings. The number of aromatic nitrogens is 2. The van der Waals surface area contributed by atoms with E-state index in [1.807, 2.05) is 0 Å². The predicted molar refractivity (Wildman–Crippen MR) is 150 cm³/mol. The first-order valence-electron chi connectivity index (χ1n) is 12.0. The molecular weight excluding hydrogens is 538 g/mol. The highest BCUT2D eigenvalue weighted by atomic mass is 35.5. The second-order valence-electron chi connectivity index (χ2n) is 8.98. The number of H-pyrrole nitrogens is 1. The number of halogens is 3. The number of benzene rings is 3. The van der Waals surface area contributed by atoms with E-state index in [0.717, 1.165) is 17.7 Å². The molecule has 0 fully saturated rings. The fourth-order valence-electron chi connectivity index (χ4n) is 4.20. The minimum Gasteiger partial charge on any atom is -0.506 e. The van der Waals surface area contributed by atoms with Crippen molar-refractivity contribution in [3.63, 3.8) is 0 Å². The summed E-state index contributed by atoms with van der Waals surface area (Å²) in [5.41, 5.74) is 9.30. The van der Waals surface area contributed by atoms with Gasteiger partial charge < -0.3 is 21.1 Å². The summed E-state index contributed by atoms with van der Waals surface area (Å²) < 4.78 is 26.7. The van der Waals surface area contributed by atoms with Crippen LogP contribution < -0.4 is 11.1 Å². The number of phenolic OH excluding ortho intramolecular Hbond substituents is 1. The molecule has 3 aromatic carbocycles. The summed E-state index contributed by atoms with van der Waals surface area (Å²) in [5.74, 6) is -2.59. The second-order valence-corrected chi connectivity index (χ2v) is 9.38. The molecule has 0 saturated heterocycles. The lowest BCUT2D eigenvalue weighted by Gasteiger charge is -2.07. The van der Waals surface area contributed by atoms with Crippen molar-refractivity contribution >= 4 is 51.9 Å². The number of anilines is 1. The van der Waals surface area contributed by atoms with Crippen LogP contribution in [0, 0.1) is 11.6 Å². The Morgan fingerprint density at radius 2 is 1.73 bits per heavy atom. The molecule has 0 aliphatic rings. The molecule has 2 aromatic heterocycles. The normalized spacial score (nSPS) is 11.5. The fraction of sp³-hybridized carbons (Fsp3) is 0.0333. The number of amides is 2. The van der Waals surface area contributed by atoms with Crippen LogP contribution >= 0.6 is 11.6 Å². The number of hydrogen-bond acceptors (Lipinski definition) is 4. The summed E-state index contributed by atoms with van der Waals surface area (Å²) in [6.45, 7) is 0. The van der Waals surface area contributed by atoms with Crippen LogP contribution in [-0.4, -0.2) is 26.9 Å². The zero-order valence-corrected chi connectivity index (χ0v) is 21.5. The Balaban J connectivity index is 1.30. The number of phenols is 1. The van der Waals surface area contributed by atoms with Crippen molar-refractivity contribution in [3.05, 3.63) is 112 Å². The first kappa shape index (κ1) is 26.6. The third-order valence-electron chi connectivity index (χ3n) is 6.23. The third-order valence-corrected chi connectivity index (χ3v) is 6.54. The number of nitrogens with two attached hydrogens (primary N) is 1. The lowest BCUT2D eigenvalue weighted by atomic mass is 10.0. The Kier molecular flexibility index (Phi) is 7.31. The molecule has 0 saturated carbocycles. The fourth-order valence-corrected chi connectivity index (χ4v) is 4.39. The number of carbonyl (C=O) groups is 2. The van der Waals surface area contributed by atoms with Gasteiger partial charge in [-0.3, -0.25) is 9.59 Å². The van der Waals surface area contributed by atoms with Crippen LogP contribution in [0.2, 0.25) is 5.02 Å². The van der Waals surface area contributed by atoms with Crippen molar-refractivity contribution in [2.75, 3.05) is 5.32 Å². The van der Waals surface area contributed by atoms with Crippen LogP contribution in [0.5, 0.6) is 5.75 Å². The zero-order valence-electron chi connectivity index (χ0n) is 20.7. The van der Waals surface area contributed by atoms with Gasteiger partial charge in [-0.25, -0.2) is 13.8 Å². The van der Waals surface area contributed by atoms with E-state index in [0.29, 0.717) is 39.1 Å². The maximum absolute atomic E-state index is 13.5. The van der Waals surface area contributed by atoms with E-state index in [1.54, 1.807) is 48.7 Å². The number of fused-ring (bicyclic) bond motifs is 1. The van der Waals surface area contributed by atoms with Crippen molar-refractivity contribution in [2.45, 2.75) is 6.42 Å². The highest BCUT2D eigenvalue weighted by Gasteiger charge is 2.14. The summed E-state index contributed by atoms with van der Waals surface area (Å²) in [6, 6.07) is 18.4. The summed E-state index contributed by atoms with van der Waals surface area (Å²) in [4.78, 5) is 32.3. The van der Waals surface area contributed by atoms with Gasteiger partial charge in [0.1, 0.15) is 17.2 Å². The minimum atomic E-state index is -0.925. The summed E-state index contributed by atoms with van der Waals surface area (Å²) in [7, 11) is 0. The highest BCUT2D eigenvalue weighted by molar-refractivity contribution is 6.33. The standard InChI is InChI=1S/C30H21ClF2N4O3/c31-23-13-19(6-9-26(23)38)22(29(34)40)12-20-15-35-30-21(20)7-10-27(37-30)36-28(39)11-16-1-3-17(4-2-16)18-5-8-24(32)25(33)14-18/h1-10,12-15,38H,11H2,(H2,34,40)(H2,35,36,37,39)/b22-12-. The largest absolute Gasteiger partial charge is 0.506 e. The highest BCUT2D eigenvalue weighted by Crippen LogP contribution is 2.30. The van der Waals surface area contributed by atoms with E-state index in [1.165, 1.54) is 24.3 Å². The van der Waals surface area contributed by atoms with E-state index >= 15 is 0 Å². The molecule has 0 aliphatic carbocycles. The molecule has 200 valence electrons. The first-order valence-corrected chi connectivity index (χ1v) is 12.4. The molecule has 0 aliphatic heterocycles. The van der Waals surface area contributed by atoms with Crippen molar-refractivity contribution in [2.24, 2.45) is 5.73 Å². The Hall–Kier alpha value is -5.02. The molecule has 0 atom stereocenters. The van der Waals surface area contributed by atoms with Crippen LogP contribution in [0.15, 0.2) is 79.0 Å². The third kappa shape index (κ3) is 5.69. The van der Waals surface area contributed by atoms with Crippen LogP contribution in [0.25, 0.3) is 33.8 Å². The maximum atomic E-state index is 13.5. The number of aromatic hydroxyl groups is 1. The zero-order chi connectivity index (χ0) is 28.4. The van der Waals surface area contributed by atoms with E-state index in [4.69, 9.17) is 17.3 Å². The Morgan fingerprint density at radius 1 is 0.975 bits per heavy atom. The topological polar surface area (TPSA) is 121 Å². The molecule has 2 heterocycles. The number of aromatic amines is 1. The first-order chi connectivity index (χ1) is 19.2. The number of hydrogen-bond donors (Lipinski definition) is 4. The van der Waals surface area contributed by atoms with Gasteiger partial charge in [-0.1, -0.05) is 48.0 Å². The number of pyridine rings is 1. The van der Waals surface area contributed by atoms with Crippen LogP contribution in [0.4, 0.5) is 14.6 Å². The van der Waals surface area contributed by atoms with E-state index in [-0.39, 0.29) is 28.7 Å². The lowest BCUT2D eigenvalue weighted by molar-refractivity contribution is -0.115. The summed E-state index contributed by atoms with van der Waals surface area (Å²) in [5, 5.41) is 13.2. The van der Waals surface area contributed by atoms with Gasteiger partial charge in [-0.2, -0.15) is 0 Å². The van der Waals surface area contributed by atoms with Gasteiger partial charge in [0.05, 0.1) is 11.4 Å². The number of rotatable bonds is 7. The van der Waals surface area contributed by atoms with E-state index in [9.17, 15) is 23.5 Å². The molecule has 5 rings (SSSR count).